The van der Waals surface area contributed by atoms with Crippen molar-refractivity contribution in [3.05, 3.63) is 0 Å². The fourth-order valence-corrected chi connectivity index (χ4v) is 6.06. The average Bonchev–Trinajstić information content (AvgIpc) is 2.26. The van der Waals surface area contributed by atoms with Crippen LogP contribution in [0.1, 0.15) is 33.6 Å². The average molecular weight is 325 g/mol. The van der Waals surface area contributed by atoms with E-state index in [2.05, 4.69) is 3.63 Å². The SMILES string of the molecule is CCCC(=O)CS(CC)(CC)[OH+]S(=O)(=O)C(F)(F)F. The third kappa shape index (κ3) is 5.31. The molecule has 0 amide bonds. The van der Waals surface area contributed by atoms with Crippen LogP contribution in [-0.2, 0) is 14.9 Å². The molecule has 0 spiro atoms. The molecule has 19 heavy (non-hydrogen) atoms. The van der Waals surface area contributed by atoms with Gasteiger partial charge in [0.1, 0.15) is 5.78 Å². The summed E-state index contributed by atoms with van der Waals surface area (Å²) in [5.74, 6) is -0.131. The van der Waals surface area contributed by atoms with Crippen molar-refractivity contribution in [2.45, 2.75) is 39.1 Å². The summed E-state index contributed by atoms with van der Waals surface area (Å²) in [5, 5.41) is 0. The van der Waals surface area contributed by atoms with E-state index in [4.69, 9.17) is 0 Å². The zero-order valence-electron chi connectivity index (χ0n) is 11.2. The molecule has 0 saturated heterocycles. The van der Waals surface area contributed by atoms with Gasteiger partial charge < -0.3 is 0 Å². The van der Waals surface area contributed by atoms with Crippen molar-refractivity contribution in [3.8, 4) is 0 Å². The van der Waals surface area contributed by atoms with Gasteiger partial charge in [0.2, 0.25) is 0 Å². The Balaban J connectivity index is 5.17. The van der Waals surface area contributed by atoms with Crippen LogP contribution in [0.2, 0.25) is 0 Å². The molecular weight excluding hydrogens is 305 g/mol. The van der Waals surface area contributed by atoms with Gasteiger partial charge in [-0.05, 0) is 16.7 Å². The van der Waals surface area contributed by atoms with Crippen LogP contribution in [0, 0.1) is 0 Å². The van der Waals surface area contributed by atoms with E-state index in [0.717, 1.165) is 0 Å². The molecule has 0 heterocycles. The van der Waals surface area contributed by atoms with Gasteiger partial charge in [-0.1, -0.05) is 20.8 Å². The molecule has 0 aliphatic heterocycles. The van der Waals surface area contributed by atoms with Crippen LogP contribution in [0.15, 0.2) is 0 Å². The lowest BCUT2D eigenvalue weighted by Gasteiger charge is -2.31. The summed E-state index contributed by atoms with van der Waals surface area (Å²) in [6.07, 6.45) is 0.810. The first-order valence-electron chi connectivity index (χ1n) is 5.87. The first-order valence-corrected chi connectivity index (χ1v) is 9.41. The van der Waals surface area contributed by atoms with Gasteiger partial charge in [-0.25, -0.2) is 0 Å². The Kier molecular flexibility index (Phi) is 6.84. The fourth-order valence-electron chi connectivity index (χ4n) is 1.44. The minimum atomic E-state index is -5.53. The molecule has 0 aliphatic rings. The molecule has 0 rings (SSSR count). The van der Waals surface area contributed by atoms with Crippen molar-refractivity contribution in [3.63, 3.8) is 0 Å². The molecule has 4 nitrogen and oxygen atoms in total. The van der Waals surface area contributed by atoms with Crippen LogP contribution in [0.25, 0.3) is 0 Å². The number of rotatable bonds is 8. The normalized spacial score (nSPS) is 14.4. The molecule has 0 aromatic heterocycles. The molecule has 9 heteroatoms. The predicted molar refractivity (Wildman–Crippen MR) is 71.1 cm³/mol. The van der Waals surface area contributed by atoms with Crippen LogP contribution in [0.5, 0.6) is 0 Å². The fraction of sp³-hybridized carbons (Fsp3) is 0.900. The highest BCUT2D eigenvalue weighted by molar-refractivity contribution is 8.32. The summed E-state index contributed by atoms with van der Waals surface area (Å²) in [4.78, 5) is 11.6. The summed E-state index contributed by atoms with van der Waals surface area (Å²) < 4.78 is 62.5. The van der Waals surface area contributed by atoms with Crippen molar-refractivity contribution < 1.29 is 30.0 Å². The highest BCUT2D eigenvalue weighted by Crippen LogP contribution is 2.49. The number of halogens is 3. The summed E-state index contributed by atoms with van der Waals surface area (Å²) in [6, 6.07) is 0. The second kappa shape index (κ2) is 6.94. The van der Waals surface area contributed by atoms with Crippen molar-refractivity contribution in [2.75, 3.05) is 17.3 Å². The molecule has 0 saturated carbocycles. The van der Waals surface area contributed by atoms with Gasteiger partial charge in [-0.3, -0.25) is 8.42 Å². The maximum absolute atomic E-state index is 12.4. The molecule has 116 valence electrons. The Bertz CT molecular complexity index is 399. The van der Waals surface area contributed by atoms with E-state index in [0.29, 0.717) is 6.42 Å². The molecule has 0 unspecified atom stereocenters. The Morgan fingerprint density at radius 3 is 1.89 bits per heavy atom. The summed E-state index contributed by atoms with van der Waals surface area (Å²) >= 11 is 0. The summed E-state index contributed by atoms with van der Waals surface area (Å²) in [7, 11) is -8.00. The van der Waals surface area contributed by atoms with Crippen LogP contribution < -0.4 is 0 Å². The smallest absolute Gasteiger partial charge is 0.299 e. The number of alkyl halides is 3. The predicted octanol–water partition coefficient (Wildman–Crippen LogP) is 3.06. The highest BCUT2D eigenvalue weighted by Gasteiger charge is 2.56. The zero-order valence-corrected chi connectivity index (χ0v) is 12.8. The van der Waals surface area contributed by atoms with E-state index in [1.54, 1.807) is 20.8 Å². The maximum Gasteiger partial charge on any atom is 0.572 e. The maximum atomic E-state index is 12.4. The van der Waals surface area contributed by atoms with Gasteiger partial charge in [0.15, 0.2) is 0 Å². The van der Waals surface area contributed by atoms with E-state index in [1.165, 1.54) is 0 Å². The Hall–Kier alpha value is -0.280. The summed E-state index contributed by atoms with van der Waals surface area (Å²) in [5.41, 5.74) is -5.40. The van der Waals surface area contributed by atoms with Gasteiger partial charge in [0.25, 0.3) is 0 Å². The van der Waals surface area contributed by atoms with E-state index in [-0.39, 0.29) is 29.5 Å². The van der Waals surface area contributed by atoms with Crippen LogP contribution in [0.3, 0.4) is 0 Å². The number of ketones is 1. The molecule has 1 N–H and O–H groups in total. The van der Waals surface area contributed by atoms with Gasteiger partial charge in [-0.2, -0.15) is 13.2 Å². The first-order chi connectivity index (χ1) is 8.53. The second-order valence-electron chi connectivity index (χ2n) is 4.01. The number of hydrogen-bond acceptors (Lipinski definition) is 3. The van der Waals surface area contributed by atoms with E-state index >= 15 is 0 Å². The molecular formula is C10H20F3O4S2+. The number of carbonyl (C=O) groups is 1. The quantitative estimate of drug-likeness (QED) is 0.391. The minimum absolute atomic E-state index is 0.147. The van der Waals surface area contributed by atoms with Crippen molar-refractivity contribution >= 4 is 26.2 Å². The molecule has 0 bridgehead atoms. The largest absolute Gasteiger partial charge is 0.572 e. The lowest BCUT2D eigenvalue weighted by Crippen LogP contribution is -2.33. The third-order valence-electron chi connectivity index (χ3n) is 2.58. The lowest BCUT2D eigenvalue weighted by molar-refractivity contribution is -0.116. The van der Waals surface area contributed by atoms with Crippen molar-refractivity contribution in [2.24, 2.45) is 0 Å². The molecule has 0 aliphatic carbocycles. The van der Waals surface area contributed by atoms with Crippen LogP contribution >= 0.6 is 10.3 Å². The Morgan fingerprint density at radius 1 is 1.11 bits per heavy atom. The molecule has 0 fully saturated rings. The van der Waals surface area contributed by atoms with E-state index in [1.807, 2.05) is 0 Å². The van der Waals surface area contributed by atoms with Crippen LogP contribution in [-0.4, -0.2) is 40.6 Å². The Morgan fingerprint density at radius 2 is 1.58 bits per heavy atom. The van der Waals surface area contributed by atoms with Crippen LogP contribution in [0.4, 0.5) is 13.2 Å². The van der Waals surface area contributed by atoms with Crippen molar-refractivity contribution in [1.82, 2.24) is 0 Å². The number of carbonyl (C=O) groups excluding carboxylic acids is 1. The second-order valence-corrected chi connectivity index (χ2v) is 9.46. The lowest BCUT2D eigenvalue weighted by atomic mass is 10.3. The monoisotopic (exact) mass is 325 g/mol. The number of Topliss-reactive ketones (excluding diaryl/α,β-unsaturated/α-hetero) is 1. The molecule has 0 radical (unpaired) electrons. The Labute approximate surface area is 113 Å². The van der Waals surface area contributed by atoms with Gasteiger partial charge in [0.05, 0.1) is 5.75 Å². The number of hydrogen-bond donors (Lipinski definition) is 0. The molecule has 0 aromatic rings. The van der Waals surface area contributed by atoms with Gasteiger partial charge >= 0.3 is 15.6 Å². The molecule has 0 aromatic carbocycles. The third-order valence-corrected chi connectivity index (χ3v) is 8.23. The standard InChI is InChI=1S/C10H19F3O4S2/c1-4-7-9(14)8-18(5-2,6-3)17-19(15,16)10(11,12)13/h4-8H2,1-3H3/p+1. The molecule has 0 atom stereocenters. The zero-order chi connectivity index (χ0) is 15.3. The van der Waals surface area contributed by atoms with Crippen molar-refractivity contribution in [1.29, 1.82) is 0 Å². The van der Waals surface area contributed by atoms with E-state index in [9.17, 15) is 26.4 Å². The summed E-state index contributed by atoms with van der Waals surface area (Å²) in [6.45, 7) is 4.90. The van der Waals surface area contributed by atoms with E-state index < -0.39 is 25.9 Å². The minimum Gasteiger partial charge on any atom is -0.299 e. The highest BCUT2D eigenvalue weighted by atomic mass is 32.3. The van der Waals surface area contributed by atoms with Gasteiger partial charge in [0, 0.05) is 17.9 Å². The van der Waals surface area contributed by atoms with Gasteiger partial charge in [-0.15, -0.1) is 8.42 Å². The first kappa shape index (κ1) is 18.7. The topological polar surface area (TPSA) is 64.0 Å².